The van der Waals surface area contributed by atoms with Gasteiger partial charge >= 0.3 is 5.97 Å². The first-order chi connectivity index (χ1) is 8.11. The van der Waals surface area contributed by atoms with Crippen LogP contribution in [0.15, 0.2) is 0 Å². The molecule has 0 bridgehead atoms. The van der Waals surface area contributed by atoms with Crippen LogP contribution in [0.5, 0.6) is 0 Å². The molecular formula is C12H19NO3S. The predicted octanol–water partition coefficient (Wildman–Crippen LogP) is 1.64. The minimum absolute atomic E-state index is 0.0677. The number of carbonyl (C=O) groups is 2. The first-order valence-electron chi connectivity index (χ1n) is 6.23. The molecule has 1 atom stereocenters. The van der Waals surface area contributed by atoms with Crippen molar-refractivity contribution in [3.05, 3.63) is 0 Å². The number of carboxylic acids is 1. The summed E-state index contributed by atoms with van der Waals surface area (Å²) in [6, 6.07) is 0. The van der Waals surface area contributed by atoms with E-state index in [0.717, 1.165) is 43.6 Å². The Morgan fingerprint density at radius 3 is 2.59 bits per heavy atom. The molecule has 1 amide bonds. The number of hydrogen-bond acceptors (Lipinski definition) is 3. The van der Waals surface area contributed by atoms with Crippen LogP contribution in [0.1, 0.15) is 38.5 Å². The van der Waals surface area contributed by atoms with Gasteiger partial charge in [-0.2, -0.15) is 11.8 Å². The Morgan fingerprint density at radius 2 is 2.06 bits per heavy atom. The molecule has 2 N–H and O–H groups in total. The van der Waals surface area contributed by atoms with E-state index in [1.165, 1.54) is 0 Å². The van der Waals surface area contributed by atoms with Crippen LogP contribution >= 0.6 is 11.8 Å². The van der Waals surface area contributed by atoms with Gasteiger partial charge in [0.15, 0.2) is 0 Å². The van der Waals surface area contributed by atoms with Crippen LogP contribution in [0.4, 0.5) is 0 Å². The summed E-state index contributed by atoms with van der Waals surface area (Å²) in [5.41, 5.74) is -0.462. The summed E-state index contributed by atoms with van der Waals surface area (Å²) in [5, 5.41) is 12.0. The molecule has 1 aliphatic heterocycles. The maximum Gasteiger partial charge on any atom is 0.305 e. The number of carboxylic acid groups (broad SMARTS) is 1. The van der Waals surface area contributed by atoms with E-state index < -0.39 is 11.5 Å². The Balaban J connectivity index is 1.97. The van der Waals surface area contributed by atoms with Crippen molar-refractivity contribution < 1.29 is 14.7 Å². The van der Waals surface area contributed by atoms with Gasteiger partial charge in [0.25, 0.3) is 0 Å². The normalized spacial score (nSPS) is 26.9. The third-order valence-electron chi connectivity index (χ3n) is 3.74. The first kappa shape index (κ1) is 12.7. The Labute approximate surface area is 106 Å². The van der Waals surface area contributed by atoms with Crippen LogP contribution < -0.4 is 5.32 Å². The lowest BCUT2D eigenvalue weighted by atomic mass is 9.92. The van der Waals surface area contributed by atoms with E-state index in [2.05, 4.69) is 5.32 Å². The largest absolute Gasteiger partial charge is 0.481 e. The molecule has 2 aliphatic rings. The maximum absolute atomic E-state index is 12.1. The number of nitrogens with one attached hydrogen (secondary N) is 1. The van der Waals surface area contributed by atoms with Crippen LogP contribution in [0, 0.1) is 5.92 Å². The molecule has 17 heavy (non-hydrogen) atoms. The topological polar surface area (TPSA) is 66.4 Å². The fraction of sp³-hybridized carbons (Fsp3) is 0.833. The second kappa shape index (κ2) is 5.29. The average molecular weight is 257 g/mol. The van der Waals surface area contributed by atoms with Crippen LogP contribution in [0.3, 0.4) is 0 Å². The number of hydrogen-bond donors (Lipinski definition) is 2. The van der Waals surface area contributed by atoms with Gasteiger partial charge in [0, 0.05) is 11.7 Å². The number of rotatable bonds is 4. The molecule has 1 unspecified atom stereocenters. The molecule has 96 valence electrons. The molecule has 4 nitrogen and oxygen atoms in total. The zero-order valence-electron chi connectivity index (χ0n) is 9.91. The van der Waals surface area contributed by atoms with Crippen molar-refractivity contribution in [3.8, 4) is 0 Å². The molecule has 1 heterocycles. The monoisotopic (exact) mass is 257 g/mol. The Bertz CT molecular complexity index is 307. The molecule has 2 fully saturated rings. The van der Waals surface area contributed by atoms with Gasteiger partial charge in [0.05, 0.1) is 12.0 Å². The SMILES string of the molecule is O=C(O)CC1(NC(=O)C2CCSC2)CCCC1. The van der Waals surface area contributed by atoms with Crippen molar-refractivity contribution in [2.24, 2.45) is 5.92 Å². The fourth-order valence-electron chi connectivity index (χ4n) is 2.79. The summed E-state index contributed by atoms with van der Waals surface area (Å²) in [5.74, 6) is 1.27. The molecule has 0 spiro atoms. The smallest absolute Gasteiger partial charge is 0.305 e. The average Bonchev–Trinajstić information content (AvgIpc) is 2.86. The molecule has 0 aromatic carbocycles. The van der Waals surface area contributed by atoms with Crippen LogP contribution in [-0.2, 0) is 9.59 Å². The van der Waals surface area contributed by atoms with Gasteiger partial charge in [-0.05, 0) is 25.0 Å². The zero-order valence-corrected chi connectivity index (χ0v) is 10.7. The molecule has 1 saturated heterocycles. The predicted molar refractivity (Wildman–Crippen MR) is 67.0 cm³/mol. The fourth-order valence-corrected chi connectivity index (χ4v) is 4.01. The minimum atomic E-state index is -0.812. The summed E-state index contributed by atoms with van der Waals surface area (Å²) < 4.78 is 0. The Kier molecular flexibility index (Phi) is 3.97. The summed E-state index contributed by atoms with van der Waals surface area (Å²) in [6.45, 7) is 0. The van der Waals surface area contributed by atoms with Crippen molar-refractivity contribution in [2.45, 2.75) is 44.1 Å². The van der Waals surface area contributed by atoms with E-state index in [1.54, 1.807) is 11.8 Å². The van der Waals surface area contributed by atoms with E-state index in [-0.39, 0.29) is 18.2 Å². The second-order valence-electron chi connectivity index (χ2n) is 5.11. The van der Waals surface area contributed by atoms with Gasteiger partial charge in [0.2, 0.25) is 5.91 Å². The lowest BCUT2D eigenvalue weighted by Crippen LogP contribution is -2.50. The van der Waals surface area contributed by atoms with Gasteiger partial charge in [0.1, 0.15) is 0 Å². The lowest BCUT2D eigenvalue weighted by Gasteiger charge is -2.30. The number of amides is 1. The Hall–Kier alpha value is -0.710. The van der Waals surface area contributed by atoms with Crippen molar-refractivity contribution in [2.75, 3.05) is 11.5 Å². The summed E-state index contributed by atoms with van der Waals surface area (Å²) in [6.07, 6.45) is 4.66. The van der Waals surface area contributed by atoms with Crippen molar-refractivity contribution >= 4 is 23.6 Å². The highest BCUT2D eigenvalue weighted by molar-refractivity contribution is 7.99. The van der Waals surface area contributed by atoms with Crippen LogP contribution in [-0.4, -0.2) is 34.0 Å². The Morgan fingerprint density at radius 1 is 1.35 bits per heavy atom. The highest BCUT2D eigenvalue weighted by Gasteiger charge is 2.39. The molecule has 1 saturated carbocycles. The third-order valence-corrected chi connectivity index (χ3v) is 4.90. The van der Waals surface area contributed by atoms with E-state index >= 15 is 0 Å². The van der Waals surface area contributed by atoms with Gasteiger partial charge in [-0.25, -0.2) is 0 Å². The molecule has 5 heteroatoms. The molecule has 1 aliphatic carbocycles. The van der Waals surface area contributed by atoms with E-state index in [1.807, 2.05) is 0 Å². The summed E-state index contributed by atoms with van der Waals surface area (Å²) in [4.78, 5) is 23.0. The maximum atomic E-state index is 12.1. The molecule has 2 rings (SSSR count). The number of thioether (sulfide) groups is 1. The summed E-state index contributed by atoms with van der Waals surface area (Å²) >= 11 is 1.80. The van der Waals surface area contributed by atoms with Crippen molar-refractivity contribution in [1.29, 1.82) is 0 Å². The highest BCUT2D eigenvalue weighted by atomic mass is 32.2. The van der Waals surface area contributed by atoms with Crippen LogP contribution in [0.25, 0.3) is 0 Å². The highest BCUT2D eigenvalue weighted by Crippen LogP contribution is 2.34. The van der Waals surface area contributed by atoms with E-state index in [9.17, 15) is 9.59 Å². The standard InChI is InChI=1S/C12H19NO3S/c14-10(15)7-12(4-1-2-5-12)13-11(16)9-3-6-17-8-9/h9H,1-8H2,(H,13,16)(H,14,15). The van der Waals surface area contributed by atoms with Gasteiger partial charge in [-0.3, -0.25) is 9.59 Å². The third kappa shape index (κ3) is 3.15. The summed E-state index contributed by atoms with van der Waals surface area (Å²) in [7, 11) is 0. The minimum Gasteiger partial charge on any atom is -0.481 e. The van der Waals surface area contributed by atoms with Gasteiger partial charge in [-0.1, -0.05) is 12.8 Å². The molecule has 0 aromatic heterocycles. The number of aliphatic carboxylic acids is 1. The van der Waals surface area contributed by atoms with E-state index in [0.29, 0.717) is 0 Å². The van der Waals surface area contributed by atoms with E-state index in [4.69, 9.17) is 5.11 Å². The molecule has 0 aromatic rings. The zero-order chi connectivity index (χ0) is 12.3. The number of carbonyl (C=O) groups excluding carboxylic acids is 1. The molecular weight excluding hydrogens is 238 g/mol. The van der Waals surface area contributed by atoms with Gasteiger partial charge < -0.3 is 10.4 Å². The quantitative estimate of drug-likeness (QED) is 0.803. The van der Waals surface area contributed by atoms with Crippen molar-refractivity contribution in [1.82, 2.24) is 5.32 Å². The van der Waals surface area contributed by atoms with Gasteiger partial charge in [-0.15, -0.1) is 0 Å². The lowest BCUT2D eigenvalue weighted by molar-refractivity contribution is -0.139. The molecule has 0 radical (unpaired) electrons. The van der Waals surface area contributed by atoms with Crippen LogP contribution in [0.2, 0.25) is 0 Å². The van der Waals surface area contributed by atoms with Crippen molar-refractivity contribution in [3.63, 3.8) is 0 Å². The first-order valence-corrected chi connectivity index (χ1v) is 7.38. The second-order valence-corrected chi connectivity index (χ2v) is 6.26.